The Kier molecular flexibility index (Phi) is 3.16. The van der Waals surface area contributed by atoms with Gasteiger partial charge in [0.25, 0.3) is 0 Å². The molecule has 4 nitrogen and oxygen atoms in total. The molecular formula is C15H7ClFN3O. The number of carbonyl (C=O) groups excluding carboxylic acids is 1. The van der Waals surface area contributed by atoms with Crippen LogP contribution in [0.4, 0.5) is 4.39 Å². The lowest BCUT2D eigenvalue weighted by atomic mass is 10.0. The van der Waals surface area contributed by atoms with Gasteiger partial charge in [0.15, 0.2) is 0 Å². The summed E-state index contributed by atoms with van der Waals surface area (Å²) in [5.41, 5.74) is 1.60. The van der Waals surface area contributed by atoms with Crippen LogP contribution in [0.3, 0.4) is 0 Å². The van der Waals surface area contributed by atoms with Gasteiger partial charge >= 0.3 is 0 Å². The Hall–Kier alpha value is -2.71. The quantitative estimate of drug-likeness (QED) is 0.316. The molecule has 0 fully saturated rings. The number of aromatic nitrogens is 3. The molecule has 102 valence electrons. The van der Waals surface area contributed by atoms with E-state index >= 15 is 0 Å². The summed E-state index contributed by atoms with van der Waals surface area (Å²) in [6.07, 6.45) is 6.68. The first-order valence-corrected chi connectivity index (χ1v) is 6.29. The third-order valence-corrected chi connectivity index (χ3v) is 3.24. The topological polar surface area (TPSA) is 47.3 Å². The van der Waals surface area contributed by atoms with Crippen LogP contribution in [0.15, 0.2) is 36.5 Å². The standard InChI is InChI=1S/C15H7ClFN3O/c1-2-12(21)13-11-7-8-18-15(16)20(11)19-14(13)9-3-5-10(17)6-4-9/h1,3-8H. The van der Waals surface area contributed by atoms with Gasteiger partial charge in [-0.15, -0.1) is 6.42 Å². The molecule has 2 heterocycles. The fourth-order valence-electron chi connectivity index (χ4n) is 2.06. The number of terminal acetylenes is 1. The first-order chi connectivity index (χ1) is 10.1. The summed E-state index contributed by atoms with van der Waals surface area (Å²) in [6, 6.07) is 7.20. The number of Topliss-reactive ketones (excluding diaryl/α,β-unsaturated/α-hetero) is 1. The predicted molar refractivity (Wildman–Crippen MR) is 76.6 cm³/mol. The molecule has 0 radical (unpaired) electrons. The number of halogens is 2. The molecule has 6 heteroatoms. The van der Waals surface area contributed by atoms with E-state index in [2.05, 4.69) is 16.0 Å². The average molecular weight is 300 g/mol. The smallest absolute Gasteiger partial charge is 0.240 e. The molecule has 0 spiro atoms. The van der Waals surface area contributed by atoms with Crippen molar-refractivity contribution in [3.63, 3.8) is 0 Å². The van der Waals surface area contributed by atoms with E-state index in [0.717, 1.165) is 0 Å². The van der Waals surface area contributed by atoms with Crippen molar-refractivity contribution in [3.8, 4) is 23.6 Å². The summed E-state index contributed by atoms with van der Waals surface area (Å²) >= 11 is 5.97. The second-order valence-corrected chi connectivity index (χ2v) is 4.55. The van der Waals surface area contributed by atoms with Gasteiger partial charge in [-0.3, -0.25) is 4.79 Å². The van der Waals surface area contributed by atoms with Crippen molar-refractivity contribution in [1.29, 1.82) is 0 Å². The van der Waals surface area contributed by atoms with E-state index in [1.807, 2.05) is 0 Å². The summed E-state index contributed by atoms with van der Waals surface area (Å²) in [5, 5.41) is 4.37. The zero-order valence-electron chi connectivity index (χ0n) is 10.5. The maximum atomic E-state index is 13.0. The van der Waals surface area contributed by atoms with E-state index < -0.39 is 5.78 Å². The van der Waals surface area contributed by atoms with Crippen molar-refractivity contribution < 1.29 is 9.18 Å². The van der Waals surface area contributed by atoms with E-state index in [0.29, 0.717) is 16.8 Å². The number of hydrogen-bond donors (Lipinski definition) is 0. The lowest BCUT2D eigenvalue weighted by Crippen LogP contribution is -1.97. The monoisotopic (exact) mass is 299 g/mol. The molecule has 0 atom stereocenters. The highest BCUT2D eigenvalue weighted by Gasteiger charge is 2.21. The number of carbonyl (C=O) groups is 1. The van der Waals surface area contributed by atoms with Gasteiger partial charge in [0, 0.05) is 11.8 Å². The fourth-order valence-corrected chi connectivity index (χ4v) is 2.24. The zero-order chi connectivity index (χ0) is 15.0. The Bertz CT molecular complexity index is 894. The maximum Gasteiger partial charge on any atom is 0.240 e. The highest BCUT2D eigenvalue weighted by atomic mass is 35.5. The Morgan fingerprint density at radius 3 is 2.67 bits per heavy atom. The van der Waals surface area contributed by atoms with Crippen LogP contribution < -0.4 is 0 Å². The Balaban J connectivity index is 2.36. The molecule has 21 heavy (non-hydrogen) atoms. The van der Waals surface area contributed by atoms with E-state index in [9.17, 15) is 9.18 Å². The fraction of sp³-hybridized carbons (Fsp3) is 0. The van der Waals surface area contributed by atoms with Crippen LogP contribution >= 0.6 is 11.6 Å². The molecule has 1 aromatic carbocycles. The van der Waals surface area contributed by atoms with Crippen LogP contribution in [0.1, 0.15) is 10.4 Å². The van der Waals surface area contributed by atoms with Crippen molar-refractivity contribution in [3.05, 3.63) is 53.2 Å². The van der Waals surface area contributed by atoms with Gasteiger partial charge in [0.1, 0.15) is 11.5 Å². The number of nitrogens with zero attached hydrogens (tertiary/aromatic N) is 3. The molecule has 0 saturated heterocycles. The molecule has 2 aromatic heterocycles. The molecule has 0 saturated carbocycles. The van der Waals surface area contributed by atoms with Crippen LogP contribution in [-0.2, 0) is 0 Å². The lowest BCUT2D eigenvalue weighted by Gasteiger charge is -1.99. The van der Waals surface area contributed by atoms with Gasteiger partial charge in [0.05, 0.1) is 11.1 Å². The third kappa shape index (κ3) is 2.16. The Morgan fingerprint density at radius 2 is 2.00 bits per heavy atom. The molecule has 0 unspecified atom stereocenters. The zero-order valence-corrected chi connectivity index (χ0v) is 11.3. The van der Waals surface area contributed by atoms with Gasteiger partial charge in [0.2, 0.25) is 11.1 Å². The van der Waals surface area contributed by atoms with Crippen molar-refractivity contribution in [2.24, 2.45) is 0 Å². The SMILES string of the molecule is C#CC(=O)c1c(-c2ccc(F)cc2)nn2c(Cl)nccc12. The first-order valence-electron chi connectivity index (χ1n) is 5.92. The van der Waals surface area contributed by atoms with Crippen LogP contribution in [0.5, 0.6) is 0 Å². The van der Waals surface area contributed by atoms with Gasteiger partial charge in [-0.1, -0.05) is 0 Å². The minimum absolute atomic E-state index is 0.104. The number of fused-ring (bicyclic) bond motifs is 1. The van der Waals surface area contributed by atoms with E-state index in [4.69, 9.17) is 18.0 Å². The van der Waals surface area contributed by atoms with E-state index in [1.165, 1.54) is 35.0 Å². The summed E-state index contributed by atoms with van der Waals surface area (Å²) in [7, 11) is 0. The van der Waals surface area contributed by atoms with Gasteiger partial charge in [-0.2, -0.15) is 5.10 Å². The molecule has 0 amide bonds. The number of ketones is 1. The highest BCUT2D eigenvalue weighted by molar-refractivity contribution is 6.28. The largest absolute Gasteiger partial charge is 0.279 e. The normalized spacial score (nSPS) is 10.5. The molecule has 0 N–H and O–H groups in total. The van der Waals surface area contributed by atoms with Crippen molar-refractivity contribution in [2.75, 3.05) is 0 Å². The van der Waals surface area contributed by atoms with Crippen LogP contribution in [0.25, 0.3) is 16.8 Å². The maximum absolute atomic E-state index is 13.0. The van der Waals surface area contributed by atoms with Crippen molar-refractivity contribution >= 4 is 22.9 Å². The first kappa shape index (κ1) is 13.3. The van der Waals surface area contributed by atoms with Gasteiger partial charge in [-0.25, -0.2) is 13.9 Å². The third-order valence-electron chi connectivity index (χ3n) is 2.99. The Labute approximate surface area is 124 Å². The molecule has 3 aromatic rings. The second-order valence-electron chi connectivity index (χ2n) is 4.21. The van der Waals surface area contributed by atoms with Gasteiger partial charge < -0.3 is 0 Å². The second kappa shape index (κ2) is 5.00. The predicted octanol–water partition coefficient (Wildman–Crippen LogP) is 3.00. The Morgan fingerprint density at radius 1 is 1.29 bits per heavy atom. The molecule has 0 aliphatic carbocycles. The summed E-state index contributed by atoms with van der Waals surface area (Å²) in [5.74, 6) is 1.17. The minimum Gasteiger partial charge on any atom is -0.279 e. The lowest BCUT2D eigenvalue weighted by molar-refractivity contribution is 0.105. The van der Waals surface area contributed by atoms with Crippen LogP contribution in [-0.4, -0.2) is 20.4 Å². The minimum atomic E-state index is -0.522. The van der Waals surface area contributed by atoms with E-state index in [1.54, 1.807) is 6.07 Å². The molecule has 0 bridgehead atoms. The molecule has 3 rings (SSSR count). The molecule has 0 aliphatic heterocycles. The number of rotatable bonds is 2. The summed E-state index contributed by atoms with van der Waals surface area (Å²) in [6.45, 7) is 0. The van der Waals surface area contributed by atoms with Crippen LogP contribution in [0.2, 0.25) is 5.28 Å². The van der Waals surface area contributed by atoms with Gasteiger partial charge in [-0.05, 0) is 47.9 Å². The van der Waals surface area contributed by atoms with Crippen molar-refractivity contribution in [1.82, 2.24) is 14.6 Å². The number of hydrogen-bond acceptors (Lipinski definition) is 3. The van der Waals surface area contributed by atoms with Crippen LogP contribution in [0, 0.1) is 18.2 Å². The van der Waals surface area contributed by atoms with E-state index in [-0.39, 0.29) is 16.7 Å². The van der Waals surface area contributed by atoms with Crippen molar-refractivity contribution in [2.45, 2.75) is 0 Å². The molecule has 0 aliphatic rings. The number of benzene rings is 1. The molecular weight excluding hydrogens is 293 g/mol. The highest BCUT2D eigenvalue weighted by Crippen LogP contribution is 2.28. The average Bonchev–Trinajstić information content (AvgIpc) is 2.88. The summed E-state index contributed by atoms with van der Waals surface area (Å²) < 4.78 is 14.4. The summed E-state index contributed by atoms with van der Waals surface area (Å²) in [4.78, 5) is 15.9.